The van der Waals surface area contributed by atoms with Gasteiger partial charge in [-0.25, -0.2) is 9.97 Å². The van der Waals surface area contributed by atoms with Crippen LogP contribution in [-0.2, 0) is 4.74 Å². The Kier molecular flexibility index (Phi) is 1.93. The Morgan fingerprint density at radius 2 is 2.29 bits per heavy atom. The number of halogens is 1. The third-order valence-corrected chi connectivity index (χ3v) is 4.02. The Bertz CT molecular complexity index is 481. The van der Waals surface area contributed by atoms with E-state index in [1.54, 1.807) is 11.3 Å². The summed E-state index contributed by atoms with van der Waals surface area (Å²) in [6.07, 6.45) is 1.50. The van der Waals surface area contributed by atoms with Crippen molar-refractivity contribution in [1.82, 2.24) is 9.97 Å². The molecule has 3 nitrogen and oxygen atoms in total. The van der Waals surface area contributed by atoms with E-state index < -0.39 is 0 Å². The van der Waals surface area contributed by atoms with Crippen molar-refractivity contribution in [2.75, 3.05) is 13.2 Å². The van der Waals surface area contributed by atoms with Crippen LogP contribution in [0.4, 0.5) is 0 Å². The largest absolute Gasteiger partial charge is 0.380 e. The first kappa shape index (κ1) is 8.59. The summed E-state index contributed by atoms with van der Waals surface area (Å²) < 4.78 is 6.14. The van der Waals surface area contributed by atoms with Crippen LogP contribution in [0.2, 0.25) is 5.15 Å². The predicted octanol–water partition coefficient (Wildman–Crippen LogP) is 2.46. The monoisotopic (exact) mass is 226 g/mol. The number of ether oxygens (including phenoxy) is 1. The van der Waals surface area contributed by atoms with Crippen molar-refractivity contribution in [3.05, 3.63) is 22.4 Å². The molecule has 1 saturated heterocycles. The molecule has 2 aromatic heterocycles. The lowest BCUT2D eigenvalue weighted by molar-refractivity contribution is 0.00990. The molecule has 3 rings (SSSR count). The van der Waals surface area contributed by atoms with Crippen LogP contribution in [0.3, 0.4) is 0 Å². The first-order valence-electron chi connectivity index (χ1n) is 4.32. The fourth-order valence-electron chi connectivity index (χ4n) is 1.45. The minimum absolute atomic E-state index is 0.533. The van der Waals surface area contributed by atoms with E-state index in [4.69, 9.17) is 16.3 Å². The molecule has 0 bridgehead atoms. The van der Waals surface area contributed by atoms with Crippen molar-refractivity contribution < 1.29 is 4.74 Å². The van der Waals surface area contributed by atoms with Crippen molar-refractivity contribution in [3.8, 4) is 0 Å². The molecule has 72 valence electrons. The normalized spacial score (nSPS) is 17.2. The molecule has 0 atom stereocenters. The van der Waals surface area contributed by atoms with Crippen molar-refractivity contribution in [2.45, 2.75) is 5.92 Å². The van der Waals surface area contributed by atoms with Gasteiger partial charge in [0.15, 0.2) is 0 Å². The molecule has 2 aromatic rings. The van der Waals surface area contributed by atoms with Crippen LogP contribution in [0.25, 0.3) is 10.2 Å². The zero-order valence-corrected chi connectivity index (χ0v) is 8.81. The van der Waals surface area contributed by atoms with Crippen LogP contribution in [0.1, 0.15) is 10.8 Å². The topological polar surface area (TPSA) is 35.0 Å². The molecule has 0 amide bonds. The minimum atomic E-state index is 0.533. The number of rotatable bonds is 1. The highest BCUT2D eigenvalue weighted by Crippen LogP contribution is 2.35. The van der Waals surface area contributed by atoms with Crippen LogP contribution >= 0.6 is 22.9 Å². The smallest absolute Gasteiger partial charge is 0.150 e. The summed E-state index contributed by atoms with van der Waals surface area (Å²) >= 11 is 7.64. The average molecular weight is 227 g/mol. The van der Waals surface area contributed by atoms with E-state index >= 15 is 0 Å². The third-order valence-electron chi connectivity index (χ3n) is 2.33. The van der Waals surface area contributed by atoms with E-state index in [2.05, 4.69) is 16.0 Å². The van der Waals surface area contributed by atoms with Gasteiger partial charge >= 0.3 is 0 Å². The van der Waals surface area contributed by atoms with Gasteiger partial charge in [0.1, 0.15) is 11.5 Å². The van der Waals surface area contributed by atoms with Crippen molar-refractivity contribution in [2.24, 2.45) is 0 Å². The molecule has 14 heavy (non-hydrogen) atoms. The molecule has 0 radical (unpaired) electrons. The average Bonchev–Trinajstić information content (AvgIpc) is 2.46. The molecule has 0 aliphatic carbocycles. The fraction of sp³-hybridized carbons (Fsp3) is 0.333. The zero-order valence-electron chi connectivity index (χ0n) is 7.24. The van der Waals surface area contributed by atoms with Crippen LogP contribution in [0, 0.1) is 0 Å². The lowest BCUT2D eigenvalue weighted by atomic mass is 10.1. The summed E-state index contributed by atoms with van der Waals surface area (Å²) in [5.41, 5.74) is 0.942. The second-order valence-corrected chi connectivity index (χ2v) is 4.70. The maximum Gasteiger partial charge on any atom is 0.150 e. The Morgan fingerprint density at radius 1 is 1.43 bits per heavy atom. The standard InChI is InChI=1S/C9H7ClN2OS/c10-9-8-6(11-4-12-9)1-7(14-8)5-2-13-3-5/h1,4-5H,2-3H2. The summed E-state index contributed by atoms with van der Waals surface area (Å²) in [6.45, 7) is 1.63. The fourth-order valence-corrected chi connectivity index (χ4v) is 2.76. The number of nitrogens with zero attached hydrogens (tertiary/aromatic N) is 2. The molecule has 1 aliphatic rings. The number of fused-ring (bicyclic) bond motifs is 1. The summed E-state index contributed by atoms with van der Waals surface area (Å²) in [5.74, 6) is 0.533. The molecule has 0 spiro atoms. The van der Waals surface area contributed by atoms with Gasteiger partial charge in [0.05, 0.1) is 23.4 Å². The molecule has 0 unspecified atom stereocenters. The van der Waals surface area contributed by atoms with Gasteiger partial charge in [-0.1, -0.05) is 11.6 Å². The minimum Gasteiger partial charge on any atom is -0.380 e. The van der Waals surface area contributed by atoms with Crippen LogP contribution in [-0.4, -0.2) is 23.2 Å². The van der Waals surface area contributed by atoms with Gasteiger partial charge in [0.2, 0.25) is 0 Å². The van der Waals surface area contributed by atoms with Gasteiger partial charge < -0.3 is 4.74 Å². The van der Waals surface area contributed by atoms with E-state index in [0.717, 1.165) is 23.4 Å². The summed E-state index contributed by atoms with van der Waals surface area (Å²) in [7, 11) is 0. The van der Waals surface area contributed by atoms with Crippen LogP contribution < -0.4 is 0 Å². The van der Waals surface area contributed by atoms with Gasteiger partial charge in [0.25, 0.3) is 0 Å². The predicted molar refractivity (Wildman–Crippen MR) is 56.0 cm³/mol. The lowest BCUT2D eigenvalue weighted by Crippen LogP contribution is -2.23. The summed E-state index contributed by atoms with van der Waals surface area (Å²) in [4.78, 5) is 9.43. The summed E-state index contributed by atoms with van der Waals surface area (Å²) in [5, 5.41) is 0.548. The van der Waals surface area contributed by atoms with Crippen molar-refractivity contribution in [3.63, 3.8) is 0 Å². The van der Waals surface area contributed by atoms with E-state index in [1.807, 2.05) is 0 Å². The molecule has 0 aromatic carbocycles. The number of hydrogen-bond donors (Lipinski definition) is 0. The quantitative estimate of drug-likeness (QED) is 0.701. The zero-order chi connectivity index (χ0) is 9.54. The Hall–Kier alpha value is -0.710. The molecule has 0 N–H and O–H groups in total. The van der Waals surface area contributed by atoms with Crippen molar-refractivity contribution in [1.29, 1.82) is 0 Å². The Balaban J connectivity index is 2.15. The Morgan fingerprint density at radius 3 is 2.93 bits per heavy atom. The molecule has 3 heterocycles. The highest BCUT2D eigenvalue weighted by atomic mass is 35.5. The van der Waals surface area contributed by atoms with Gasteiger partial charge in [-0.15, -0.1) is 11.3 Å². The van der Waals surface area contributed by atoms with Gasteiger partial charge in [-0.2, -0.15) is 0 Å². The third kappa shape index (κ3) is 1.22. The highest BCUT2D eigenvalue weighted by molar-refractivity contribution is 7.19. The second kappa shape index (κ2) is 3.15. The van der Waals surface area contributed by atoms with E-state index in [-0.39, 0.29) is 0 Å². The summed E-state index contributed by atoms with van der Waals surface area (Å²) in [6, 6.07) is 2.08. The number of thiophene rings is 1. The number of aromatic nitrogens is 2. The van der Waals surface area contributed by atoms with E-state index in [0.29, 0.717) is 11.1 Å². The van der Waals surface area contributed by atoms with Gasteiger partial charge in [0, 0.05) is 10.8 Å². The first-order valence-corrected chi connectivity index (χ1v) is 5.52. The molecule has 1 aliphatic heterocycles. The Labute approximate surface area is 89.7 Å². The van der Waals surface area contributed by atoms with E-state index in [1.165, 1.54) is 11.2 Å². The van der Waals surface area contributed by atoms with Crippen molar-refractivity contribution >= 4 is 33.2 Å². The van der Waals surface area contributed by atoms with Gasteiger partial charge in [-0.05, 0) is 6.07 Å². The highest BCUT2D eigenvalue weighted by Gasteiger charge is 2.23. The molecule has 5 heteroatoms. The SMILES string of the molecule is Clc1ncnc2cc(C3COC3)sc12. The van der Waals surface area contributed by atoms with Crippen LogP contribution in [0.15, 0.2) is 12.4 Å². The second-order valence-electron chi connectivity index (χ2n) is 3.26. The first-order chi connectivity index (χ1) is 6.84. The van der Waals surface area contributed by atoms with E-state index in [9.17, 15) is 0 Å². The lowest BCUT2D eigenvalue weighted by Gasteiger charge is -2.24. The maximum absolute atomic E-state index is 5.96. The maximum atomic E-state index is 5.96. The molecule has 1 fully saturated rings. The molecule has 0 saturated carbocycles. The van der Waals surface area contributed by atoms with Gasteiger partial charge in [-0.3, -0.25) is 0 Å². The molecular weight excluding hydrogens is 220 g/mol. The number of hydrogen-bond acceptors (Lipinski definition) is 4. The van der Waals surface area contributed by atoms with Crippen LogP contribution in [0.5, 0.6) is 0 Å². The molecular formula is C9H7ClN2OS.